The van der Waals surface area contributed by atoms with Crippen LogP contribution in [0.15, 0.2) is 42.5 Å². The third-order valence-corrected chi connectivity index (χ3v) is 4.47. The molecule has 0 radical (unpaired) electrons. The SMILES string of the molecule is CC(NC(=O)CCNC(=O)c1ccc(C(C)(C)C)cc1)c1ccc(F)c(F)c1. The van der Waals surface area contributed by atoms with Gasteiger partial charge < -0.3 is 10.6 Å². The number of amides is 2. The first-order valence-electron chi connectivity index (χ1n) is 9.21. The van der Waals surface area contributed by atoms with Crippen molar-refractivity contribution in [3.8, 4) is 0 Å². The quantitative estimate of drug-likeness (QED) is 0.777. The van der Waals surface area contributed by atoms with E-state index < -0.39 is 17.7 Å². The highest BCUT2D eigenvalue weighted by atomic mass is 19.2. The topological polar surface area (TPSA) is 58.2 Å². The Hall–Kier alpha value is -2.76. The van der Waals surface area contributed by atoms with Crippen LogP contribution in [-0.2, 0) is 10.2 Å². The molecule has 0 aliphatic rings. The van der Waals surface area contributed by atoms with E-state index in [0.717, 1.165) is 17.7 Å². The molecule has 0 aliphatic heterocycles. The summed E-state index contributed by atoms with van der Waals surface area (Å²) in [4.78, 5) is 24.2. The maximum Gasteiger partial charge on any atom is 0.251 e. The minimum atomic E-state index is -0.955. The van der Waals surface area contributed by atoms with E-state index in [1.807, 2.05) is 12.1 Å². The summed E-state index contributed by atoms with van der Waals surface area (Å²) in [5, 5.41) is 5.41. The molecular weight excluding hydrogens is 362 g/mol. The Balaban J connectivity index is 1.81. The van der Waals surface area contributed by atoms with Crippen molar-refractivity contribution in [1.82, 2.24) is 10.6 Å². The highest BCUT2D eigenvalue weighted by molar-refractivity contribution is 5.94. The highest BCUT2D eigenvalue weighted by Gasteiger charge is 2.15. The number of nitrogens with one attached hydrogen (secondary N) is 2. The lowest BCUT2D eigenvalue weighted by molar-refractivity contribution is -0.121. The van der Waals surface area contributed by atoms with Gasteiger partial charge in [-0.2, -0.15) is 0 Å². The fourth-order valence-electron chi connectivity index (χ4n) is 2.69. The monoisotopic (exact) mass is 388 g/mol. The van der Waals surface area contributed by atoms with Gasteiger partial charge >= 0.3 is 0 Å². The molecule has 0 saturated carbocycles. The summed E-state index contributed by atoms with van der Waals surface area (Å²) in [6.07, 6.45) is 0.0832. The molecule has 2 amide bonds. The number of carbonyl (C=O) groups is 2. The Labute approximate surface area is 164 Å². The van der Waals surface area contributed by atoms with Gasteiger partial charge in [-0.15, -0.1) is 0 Å². The number of hydrogen-bond acceptors (Lipinski definition) is 2. The summed E-state index contributed by atoms with van der Waals surface area (Å²) in [6, 6.07) is 10.4. The number of hydrogen-bond donors (Lipinski definition) is 2. The van der Waals surface area contributed by atoms with Crippen LogP contribution in [0.5, 0.6) is 0 Å². The second-order valence-electron chi connectivity index (χ2n) is 7.80. The second-order valence-corrected chi connectivity index (χ2v) is 7.80. The van der Waals surface area contributed by atoms with Crippen LogP contribution in [0.4, 0.5) is 8.78 Å². The normalized spacial score (nSPS) is 12.4. The van der Waals surface area contributed by atoms with Crippen LogP contribution in [0.2, 0.25) is 0 Å². The molecule has 4 nitrogen and oxygen atoms in total. The van der Waals surface area contributed by atoms with Gasteiger partial charge in [0.05, 0.1) is 6.04 Å². The van der Waals surface area contributed by atoms with Crippen molar-refractivity contribution >= 4 is 11.8 Å². The zero-order valence-electron chi connectivity index (χ0n) is 16.6. The Morgan fingerprint density at radius 1 is 1.00 bits per heavy atom. The Morgan fingerprint density at radius 3 is 2.21 bits per heavy atom. The van der Waals surface area contributed by atoms with E-state index in [1.165, 1.54) is 6.07 Å². The maximum atomic E-state index is 13.3. The summed E-state index contributed by atoms with van der Waals surface area (Å²) in [5.41, 5.74) is 2.14. The molecule has 0 spiro atoms. The van der Waals surface area contributed by atoms with E-state index in [-0.39, 0.29) is 30.2 Å². The van der Waals surface area contributed by atoms with Crippen molar-refractivity contribution in [1.29, 1.82) is 0 Å². The summed E-state index contributed by atoms with van der Waals surface area (Å²) < 4.78 is 26.3. The van der Waals surface area contributed by atoms with E-state index in [1.54, 1.807) is 19.1 Å². The van der Waals surface area contributed by atoms with Gasteiger partial charge in [-0.3, -0.25) is 9.59 Å². The lowest BCUT2D eigenvalue weighted by atomic mass is 9.87. The third kappa shape index (κ3) is 5.87. The van der Waals surface area contributed by atoms with E-state index in [0.29, 0.717) is 11.1 Å². The van der Waals surface area contributed by atoms with Gasteiger partial charge in [0.15, 0.2) is 11.6 Å². The average molecular weight is 388 g/mol. The lowest BCUT2D eigenvalue weighted by Gasteiger charge is -2.19. The summed E-state index contributed by atoms with van der Waals surface area (Å²) in [7, 11) is 0. The fraction of sp³-hybridized carbons (Fsp3) is 0.364. The standard InChI is InChI=1S/C22H26F2N2O2/c1-14(16-7-10-18(23)19(24)13-16)26-20(27)11-12-25-21(28)15-5-8-17(9-6-15)22(2,3)4/h5-10,13-14H,11-12H2,1-4H3,(H,25,28)(H,26,27). The van der Waals surface area contributed by atoms with Gasteiger partial charge in [0, 0.05) is 18.5 Å². The van der Waals surface area contributed by atoms with Crippen LogP contribution < -0.4 is 10.6 Å². The molecule has 0 fully saturated rings. The van der Waals surface area contributed by atoms with Crippen LogP contribution in [0.1, 0.15) is 61.6 Å². The predicted molar refractivity (Wildman–Crippen MR) is 105 cm³/mol. The predicted octanol–water partition coefficient (Wildman–Crippen LogP) is 4.26. The molecule has 28 heavy (non-hydrogen) atoms. The van der Waals surface area contributed by atoms with Crippen LogP contribution in [0.3, 0.4) is 0 Å². The molecule has 0 heterocycles. The molecule has 2 rings (SSSR count). The van der Waals surface area contributed by atoms with Crippen LogP contribution in [0, 0.1) is 11.6 Å². The summed E-state index contributed by atoms with van der Waals surface area (Å²) >= 11 is 0. The van der Waals surface area contributed by atoms with Crippen molar-refractivity contribution in [2.75, 3.05) is 6.54 Å². The third-order valence-electron chi connectivity index (χ3n) is 4.47. The first-order chi connectivity index (χ1) is 13.1. The largest absolute Gasteiger partial charge is 0.352 e. The van der Waals surface area contributed by atoms with Gasteiger partial charge in [0.2, 0.25) is 5.91 Å². The van der Waals surface area contributed by atoms with Gasteiger partial charge in [-0.25, -0.2) is 8.78 Å². The van der Waals surface area contributed by atoms with E-state index >= 15 is 0 Å². The average Bonchev–Trinajstić information content (AvgIpc) is 2.63. The first-order valence-corrected chi connectivity index (χ1v) is 9.21. The summed E-state index contributed by atoms with van der Waals surface area (Å²) in [5.74, 6) is -2.42. The molecule has 1 atom stereocenters. The minimum Gasteiger partial charge on any atom is -0.352 e. The lowest BCUT2D eigenvalue weighted by Crippen LogP contribution is -2.32. The molecule has 150 valence electrons. The minimum absolute atomic E-state index is 0.0111. The number of carbonyl (C=O) groups excluding carboxylic acids is 2. The summed E-state index contributed by atoms with van der Waals surface area (Å²) in [6.45, 7) is 8.15. The molecule has 0 aliphatic carbocycles. The highest BCUT2D eigenvalue weighted by Crippen LogP contribution is 2.22. The van der Waals surface area contributed by atoms with E-state index in [9.17, 15) is 18.4 Å². The molecular formula is C22H26F2N2O2. The van der Waals surface area contributed by atoms with Crippen molar-refractivity contribution in [2.45, 2.75) is 45.6 Å². The smallest absolute Gasteiger partial charge is 0.251 e. The van der Waals surface area contributed by atoms with Crippen molar-refractivity contribution < 1.29 is 18.4 Å². The van der Waals surface area contributed by atoms with Gasteiger partial charge in [-0.1, -0.05) is 39.0 Å². The Bertz CT molecular complexity index is 843. The van der Waals surface area contributed by atoms with Crippen LogP contribution >= 0.6 is 0 Å². The molecule has 1 unspecified atom stereocenters. The van der Waals surface area contributed by atoms with Crippen molar-refractivity contribution in [2.24, 2.45) is 0 Å². The first kappa shape index (κ1) is 21.5. The van der Waals surface area contributed by atoms with E-state index in [2.05, 4.69) is 31.4 Å². The zero-order valence-corrected chi connectivity index (χ0v) is 16.6. The Morgan fingerprint density at radius 2 is 1.64 bits per heavy atom. The Kier molecular flexibility index (Phi) is 6.89. The molecule has 0 aromatic heterocycles. The van der Waals surface area contributed by atoms with Gasteiger partial charge in [-0.05, 0) is 47.7 Å². The molecule has 0 saturated heterocycles. The van der Waals surface area contributed by atoms with Crippen LogP contribution in [-0.4, -0.2) is 18.4 Å². The van der Waals surface area contributed by atoms with Crippen molar-refractivity contribution in [3.05, 3.63) is 70.8 Å². The van der Waals surface area contributed by atoms with Gasteiger partial charge in [0.25, 0.3) is 5.91 Å². The second kappa shape index (κ2) is 8.95. The van der Waals surface area contributed by atoms with E-state index in [4.69, 9.17) is 0 Å². The van der Waals surface area contributed by atoms with Crippen molar-refractivity contribution in [3.63, 3.8) is 0 Å². The molecule has 0 bridgehead atoms. The zero-order chi connectivity index (χ0) is 20.9. The molecule has 6 heteroatoms. The molecule has 2 N–H and O–H groups in total. The molecule has 2 aromatic rings. The number of benzene rings is 2. The van der Waals surface area contributed by atoms with Crippen LogP contribution in [0.25, 0.3) is 0 Å². The number of halogens is 2. The maximum absolute atomic E-state index is 13.3. The van der Waals surface area contributed by atoms with Gasteiger partial charge in [0.1, 0.15) is 0 Å². The number of rotatable bonds is 6. The molecule has 2 aromatic carbocycles. The fourth-order valence-corrected chi connectivity index (χ4v) is 2.69.